The molecule has 0 aromatic heterocycles. The fraction of sp³-hybridized carbons (Fsp3) is 0.200. The molecule has 1 aromatic carbocycles. The van der Waals surface area contributed by atoms with E-state index in [2.05, 4.69) is 22.5 Å². The van der Waals surface area contributed by atoms with E-state index in [1.165, 1.54) is 0 Å². The van der Waals surface area contributed by atoms with Gasteiger partial charge in [-0.25, -0.2) is 0 Å². The molecule has 0 N–H and O–H groups in total. The van der Waals surface area contributed by atoms with Crippen LogP contribution in [0.1, 0.15) is 12.5 Å². The predicted octanol–water partition coefficient (Wildman–Crippen LogP) is 3.49. The highest BCUT2D eigenvalue weighted by atomic mass is 79.9. The first-order chi connectivity index (χ1) is 5.77. The Morgan fingerprint density at radius 2 is 2.33 bits per heavy atom. The van der Waals surface area contributed by atoms with E-state index in [-0.39, 0.29) is 0 Å². The normalized spacial score (nSPS) is 9.50. The van der Waals surface area contributed by atoms with Gasteiger partial charge in [0.25, 0.3) is 0 Å². The third kappa shape index (κ3) is 2.11. The fourth-order valence-electron chi connectivity index (χ4n) is 0.913. The minimum Gasteiger partial charge on any atom is -0.493 e. The first kappa shape index (κ1) is 9.33. The smallest absolute Gasteiger partial charge is 0.134 e. The summed E-state index contributed by atoms with van der Waals surface area (Å²) in [6.07, 6.45) is 1.80. The third-order valence-corrected chi connectivity index (χ3v) is 2.15. The second-order valence-electron chi connectivity index (χ2n) is 2.33. The van der Waals surface area contributed by atoms with Crippen molar-refractivity contribution in [2.45, 2.75) is 6.92 Å². The zero-order valence-electron chi connectivity index (χ0n) is 7.01. The van der Waals surface area contributed by atoms with E-state index in [9.17, 15) is 0 Å². The van der Waals surface area contributed by atoms with Crippen LogP contribution in [-0.4, -0.2) is 6.61 Å². The van der Waals surface area contributed by atoms with E-state index >= 15 is 0 Å². The number of hydrogen-bond acceptors (Lipinski definition) is 1. The van der Waals surface area contributed by atoms with E-state index < -0.39 is 0 Å². The topological polar surface area (TPSA) is 9.23 Å². The Hall–Kier alpha value is -0.760. The minimum atomic E-state index is 0.680. The molecular weight excluding hydrogens is 216 g/mol. The van der Waals surface area contributed by atoms with Crippen LogP contribution >= 0.6 is 15.9 Å². The molecule has 0 saturated heterocycles. The van der Waals surface area contributed by atoms with Crippen LogP contribution in [0.5, 0.6) is 5.75 Å². The molecule has 1 nitrogen and oxygen atoms in total. The molecule has 0 saturated carbocycles. The van der Waals surface area contributed by atoms with Gasteiger partial charge in [-0.2, -0.15) is 0 Å². The summed E-state index contributed by atoms with van der Waals surface area (Å²) < 4.78 is 6.37. The largest absolute Gasteiger partial charge is 0.493 e. The second-order valence-corrected chi connectivity index (χ2v) is 3.18. The van der Waals surface area contributed by atoms with E-state index in [4.69, 9.17) is 4.74 Å². The van der Waals surface area contributed by atoms with Gasteiger partial charge in [0.05, 0.1) is 11.1 Å². The Bertz CT molecular complexity index is 281. The van der Waals surface area contributed by atoms with Crippen molar-refractivity contribution >= 4 is 22.0 Å². The molecule has 0 amide bonds. The fourth-order valence-corrected chi connectivity index (χ4v) is 1.27. The summed E-state index contributed by atoms with van der Waals surface area (Å²) in [6.45, 7) is 6.34. The quantitative estimate of drug-likeness (QED) is 0.767. The Morgan fingerprint density at radius 3 is 2.92 bits per heavy atom. The second kappa shape index (κ2) is 4.31. The van der Waals surface area contributed by atoms with Crippen LogP contribution in [0.3, 0.4) is 0 Å². The minimum absolute atomic E-state index is 0.680. The first-order valence-corrected chi connectivity index (χ1v) is 4.62. The molecule has 64 valence electrons. The molecule has 0 heterocycles. The molecule has 0 atom stereocenters. The summed E-state index contributed by atoms with van der Waals surface area (Å²) in [7, 11) is 0. The number of benzene rings is 1. The van der Waals surface area contributed by atoms with Crippen LogP contribution in [-0.2, 0) is 0 Å². The number of halogens is 1. The monoisotopic (exact) mass is 226 g/mol. The van der Waals surface area contributed by atoms with Gasteiger partial charge in [0.1, 0.15) is 5.75 Å². The molecule has 0 aliphatic heterocycles. The Balaban J connectivity index is 2.99. The molecule has 1 rings (SSSR count). The molecule has 0 aliphatic carbocycles. The van der Waals surface area contributed by atoms with Crippen molar-refractivity contribution in [1.29, 1.82) is 0 Å². The molecule has 0 fully saturated rings. The molecule has 1 aromatic rings. The predicted molar refractivity (Wildman–Crippen MR) is 55.4 cm³/mol. The SMILES string of the molecule is C=Cc1ccc(Br)c(OCC)c1. The lowest BCUT2D eigenvalue weighted by Gasteiger charge is -2.05. The van der Waals surface area contributed by atoms with Crippen LogP contribution < -0.4 is 4.74 Å². The Morgan fingerprint density at radius 1 is 1.58 bits per heavy atom. The van der Waals surface area contributed by atoms with Gasteiger partial charge in [-0.05, 0) is 40.5 Å². The zero-order valence-corrected chi connectivity index (χ0v) is 8.60. The average molecular weight is 227 g/mol. The van der Waals surface area contributed by atoms with Gasteiger partial charge in [0.2, 0.25) is 0 Å². The maximum atomic E-state index is 5.38. The van der Waals surface area contributed by atoms with Crippen LogP contribution in [0, 0.1) is 0 Å². The van der Waals surface area contributed by atoms with Crippen molar-refractivity contribution in [3.8, 4) is 5.75 Å². The van der Waals surface area contributed by atoms with Gasteiger partial charge in [-0.3, -0.25) is 0 Å². The van der Waals surface area contributed by atoms with Crippen molar-refractivity contribution in [3.05, 3.63) is 34.8 Å². The van der Waals surface area contributed by atoms with Crippen molar-refractivity contribution in [3.63, 3.8) is 0 Å². The highest BCUT2D eigenvalue weighted by Crippen LogP contribution is 2.26. The lowest BCUT2D eigenvalue weighted by Crippen LogP contribution is -1.92. The van der Waals surface area contributed by atoms with Gasteiger partial charge >= 0.3 is 0 Å². The number of rotatable bonds is 3. The van der Waals surface area contributed by atoms with Crippen molar-refractivity contribution < 1.29 is 4.74 Å². The summed E-state index contributed by atoms with van der Waals surface area (Å²) >= 11 is 3.40. The summed E-state index contributed by atoms with van der Waals surface area (Å²) in [5, 5.41) is 0. The summed E-state index contributed by atoms with van der Waals surface area (Å²) in [6, 6.07) is 5.90. The molecule has 0 radical (unpaired) electrons. The highest BCUT2D eigenvalue weighted by Gasteiger charge is 1.99. The molecule has 0 bridgehead atoms. The highest BCUT2D eigenvalue weighted by molar-refractivity contribution is 9.10. The van der Waals surface area contributed by atoms with Crippen LogP contribution in [0.15, 0.2) is 29.3 Å². The molecule has 12 heavy (non-hydrogen) atoms. The summed E-state index contributed by atoms with van der Waals surface area (Å²) in [4.78, 5) is 0. The molecule has 0 aliphatic rings. The van der Waals surface area contributed by atoms with Crippen LogP contribution in [0.4, 0.5) is 0 Å². The lowest BCUT2D eigenvalue weighted by atomic mass is 10.2. The average Bonchev–Trinajstić information content (AvgIpc) is 2.09. The van der Waals surface area contributed by atoms with Crippen molar-refractivity contribution in [2.24, 2.45) is 0 Å². The van der Waals surface area contributed by atoms with Gasteiger partial charge in [-0.1, -0.05) is 18.7 Å². The van der Waals surface area contributed by atoms with Gasteiger partial charge < -0.3 is 4.74 Å². The molecule has 0 spiro atoms. The molecule has 0 unspecified atom stereocenters. The maximum Gasteiger partial charge on any atom is 0.134 e. The van der Waals surface area contributed by atoms with Gasteiger partial charge in [-0.15, -0.1) is 0 Å². The summed E-state index contributed by atoms with van der Waals surface area (Å²) in [5.41, 5.74) is 1.07. The van der Waals surface area contributed by atoms with Crippen molar-refractivity contribution in [2.75, 3.05) is 6.61 Å². The Labute approximate surface area is 81.2 Å². The van der Waals surface area contributed by atoms with E-state index in [1.54, 1.807) is 6.08 Å². The maximum absolute atomic E-state index is 5.38. The lowest BCUT2D eigenvalue weighted by molar-refractivity contribution is 0.338. The van der Waals surface area contributed by atoms with Crippen molar-refractivity contribution in [1.82, 2.24) is 0 Å². The first-order valence-electron chi connectivity index (χ1n) is 3.82. The summed E-state index contributed by atoms with van der Waals surface area (Å²) in [5.74, 6) is 0.870. The van der Waals surface area contributed by atoms with Gasteiger partial charge in [0.15, 0.2) is 0 Å². The standard InChI is InChI=1S/C10H11BrO/c1-3-8-5-6-9(11)10(7-8)12-4-2/h3,5-7H,1,4H2,2H3. The zero-order chi connectivity index (χ0) is 8.97. The van der Waals surface area contributed by atoms with E-state index in [0.29, 0.717) is 6.61 Å². The number of hydrogen-bond donors (Lipinski definition) is 0. The third-order valence-electron chi connectivity index (χ3n) is 1.49. The Kier molecular flexibility index (Phi) is 3.35. The van der Waals surface area contributed by atoms with E-state index in [0.717, 1.165) is 15.8 Å². The number of ether oxygens (including phenoxy) is 1. The van der Waals surface area contributed by atoms with Gasteiger partial charge in [0, 0.05) is 0 Å². The van der Waals surface area contributed by atoms with Crippen LogP contribution in [0.25, 0.3) is 6.08 Å². The molecule has 2 heteroatoms. The molecular formula is C10H11BrO. The van der Waals surface area contributed by atoms with Crippen LogP contribution in [0.2, 0.25) is 0 Å². The van der Waals surface area contributed by atoms with E-state index in [1.807, 2.05) is 25.1 Å².